The molecule has 0 saturated carbocycles. The highest BCUT2D eigenvalue weighted by atomic mass is 32.2. The second-order valence-electron chi connectivity index (χ2n) is 6.88. The number of carbonyl (C=O) groups excluding carboxylic acids is 1. The number of rotatable bonds is 11. The highest BCUT2D eigenvalue weighted by Gasteiger charge is 2.10. The first-order valence-corrected chi connectivity index (χ1v) is 11.3. The molecule has 0 radical (unpaired) electrons. The highest BCUT2D eigenvalue weighted by Crippen LogP contribution is 2.28. The first kappa shape index (κ1) is 23.8. The van der Waals surface area contributed by atoms with Gasteiger partial charge in [0, 0.05) is 12.4 Å². The molecular formula is C22H21FN8O3S. The number of hydrazone groups is 1. The van der Waals surface area contributed by atoms with Gasteiger partial charge in [-0.1, -0.05) is 23.9 Å². The van der Waals surface area contributed by atoms with Gasteiger partial charge in [0.2, 0.25) is 17.0 Å². The number of aromatic nitrogens is 5. The Hall–Kier alpha value is -4.39. The summed E-state index contributed by atoms with van der Waals surface area (Å²) in [7, 11) is 1.56. The topological polar surface area (TPSA) is 131 Å². The van der Waals surface area contributed by atoms with E-state index in [0.717, 1.165) is 17.3 Å². The van der Waals surface area contributed by atoms with E-state index in [-0.39, 0.29) is 24.1 Å². The number of hydrogen-bond acceptors (Lipinski definition) is 9. The van der Waals surface area contributed by atoms with Gasteiger partial charge in [-0.15, -0.1) is 5.10 Å². The first-order chi connectivity index (χ1) is 17.1. The van der Waals surface area contributed by atoms with Gasteiger partial charge in [0.05, 0.1) is 24.8 Å². The molecule has 0 fully saturated rings. The molecule has 0 saturated heterocycles. The van der Waals surface area contributed by atoms with Gasteiger partial charge in [-0.05, 0) is 42.0 Å². The molecule has 11 nitrogen and oxygen atoms in total. The third-order valence-corrected chi connectivity index (χ3v) is 5.28. The normalized spacial score (nSPS) is 10.9. The van der Waals surface area contributed by atoms with Crippen LogP contribution >= 0.6 is 11.8 Å². The van der Waals surface area contributed by atoms with Crippen LogP contribution in [-0.2, 0) is 11.5 Å². The number of aromatic amines is 1. The average Bonchev–Trinajstić information content (AvgIpc) is 3.55. The van der Waals surface area contributed by atoms with E-state index in [1.165, 1.54) is 12.1 Å². The first-order valence-electron chi connectivity index (χ1n) is 10.3. The number of hydrogen-bond donors (Lipinski definition) is 3. The number of H-pyrrole nitrogens is 1. The Labute approximate surface area is 203 Å². The fraction of sp³-hybridized carbons (Fsp3) is 0.136. The van der Waals surface area contributed by atoms with Gasteiger partial charge in [-0.2, -0.15) is 15.2 Å². The molecule has 0 aliphatic carbocycles. The molecule has 4 rings (SSSR count). The minimum absolute atomic E-state index is 0.0159. The predicted octanol–water partition coefficient (Wildman–Crippen LogP) is 3.36. The molecular weight excluding hydrogens is 475 g/mol. The summed E-state index contributed by atoms with van der Waals surface area (Å²) in [5.41, 5.74) is 3.62. The number of benzene rings is 2. The third kappa shape index (κ3) is 6.80. The summed E-state index contributed by atoms with van der Waals surface area (Å²) in [6.07, 6.45) is 5.04. The monoisotopic (exact) mass is 496 g/mol. The third-order valence-electron chi connectivity index (χ3n) is 4.43. The van der Waals surface area contributed by atoms with Gasteiger partial charge < -0.3 is 14.8 Å². The number of carbonyl (C=O) groups is 1. The summed E-state index contributed by atoms with van der Waals surface area (Å²) in [6, 6.07) is 13.1. The Morgan fingerprint density at radius 2 is 2.14 bits per heavy atom. The van der Waals surface area contributed by atoms with E-state index in [9.17, 15) is 9.18 Å². The summed E-state index contributed by atoms with van der Waals surface area (Å²) in [5.74, 6) is 0.561. The van der Waals surface area contributed by atoms with Gasteiger partial charge in [0.25, 0.3) is 0 Å². The molecule has 4 aromatic rings. The van der Waals surface area contributed by atoms with Gasteiger partial charge in [-0.25, -0.2) is 19.6 Å². The van der Waals surface area contributed by atoms with Crippen LogP contribution in [0, 0.1) is 5.82 Å². The van der Waals surface area contributed by atoms with E-state index < -0.39 is 5.82 Å². The molecule has 0 aliphatic heterocycles. The maximum atomic E-state index is 13.6. The fourth-order valence-electron chi connectivity index (χ4n) is 2.81. The van der Waals surface area contributed by atoms with Crippen molar-refractivity contribution in [2.45, 2.75) is 11.9 Å². The molecule has 2 aromatic heterocycles. The number of halogens is 1. The van der Waals surface area contributed by atoms with Crippen LogP contribution in [0.25, 0.3) is 0 Å². The molecule has 180 valence electrons. The van der Waals surface area contributed by atoms with E-state index in [1.54, 1.807) is 54.7 Å². The fourth-order valence-corrected chi connectivity index (χ4v) is 3.41. The molecule has 0 bridgehead atoms. The van der Waals surface area contributed by atoms with Gasteiger partial charge in [0.1, 0.15) is 5.82 Å². The van der Waals surface area contributed by atoms with E-state index in [2.05, 4.69) is 36.1 Å². The molecule has 3 N–H and O–H groups in total. The van der Waals surface area contributed by atoms with Crippen molar-refractivity contribution in [2.24, 2.45) is 5.10 Å². The summed E-state index contributed by atoms with van der Waals surface area (Å²) in [5, 5.41) is 17.8. The number of ether oxygens (including phenoxy) is 2. The Morgan fingerprint density at radius 1 is 1.26 bits per heavy atom. The smallest absolute Gasteiger partial charge is 0.240 e. The van der Waals surface area contributed by atoms with Gasteiger partial charge in [-0.3, -0.25) is 4.79 Å². The van der Waals surface area contributed by atoms with Crippen LogP contribution < -0.4 is 20.2 Å². The van der Waals surface area contributed by atoms with Crippen molar-refractivity contribution in [3.05, 3.63) is 72.3 Å². The molecule has 0 aliphatic rings. The van der Waals surface area contributed by atoms with E-state index in [0.29, 0.717) is 22.6 Å². The second-order valence-corrected chi connectivity index (χ2v) is 7.83. The van der Waals surface area contributed by atoms with Crippen LogP contribution in [-0.4, -0.2) is 49.9 Å². The molecule has 2 aromatic carbocycles. The van der Waals surface area contributed by atoms with Gasteiger partial charge in [0.15, 0.2) is 18.2 Å². The highest BCUT2D eigenvalue weighted by molar-refractivity contribution is 7.99. The molecule has 1 amide bonds. The van der Waals surface area contributed by atoms with Crippen molar-refractivity contribution in [3.8, 4) is 11.5 Å². The SMILES string of the molecule is COc1ccc(/C=N/Nc2nc(SCC(=O)Nc3ccccc3F)n[nH]2)cc1OCn1cccn1. The van der Waals surface area contributed by atoms with Crippen molar-refractivity contribution in [1.29, 1.82) is 0 Å². The number of nitrogens with one attached hydrogen (secondary N) is 3. The molecule has 0 unspecified atom stereocenters. The van der Waals surface area contributed by atoms with Crippen LogP contribution in [0.4, 0.5) is 16.0 Å². The Balaban J connectivity index is 1.28. The number of thioether (sulfide) groups is 1. The van der Waals surface area contributed by atoms with Crippen molar-refractivity contribution in [3.63, 3.8) is 0 Å². The zero-order chi connectivity index (χ0) is 24.5. The lowest BCUT2D eigenvalue weighted by Crippen LogP contribution is -2.15. The number of anilines is 2. The Bertz CT molecular complexity index is 1300. The number of amides is 1. The Morgan fingerprint density at radius 3 is 2.94 bits per heavy atom. The summed E-state index contributed by atoms with van der Waals surface area (Å²) < 4.78 is 26.4. The predicted molar refractivity (Wildman–Crippen MR) is 129 cm³/mol. The lowest BCUT2D eigenvalue weighted by molar-refractivity contribution is -0.113. The van der Waals surface area contributed by atoms with Crippen LogP contribution in [0.3, 0.4) is 0 Å². The maximum Gasteiger partial charge on any atom is 0.240 e. The second kappa shape index (κ2) is 11.7. The number of para-hydroxylation sites is 1. The lowest BCUT2D eigenvalue weighted by Gasteiger charge is -2.11. The average molecular weight is 497 g/mol. The summed E-state index contributed by atoms with van der Waals surface area (Å²) >= 11 is 1.10. The molecule has 2 heterocycles. The van der Waals surface area contributed by atoms with Crippen LogP contribution in [0.1, 0.15) is 5.56 Å². The molecule has 13 heteroatoms. The maximum absolute atomic E-state index is 13.6. The van der Waals surface area contributed by atoms with Crippen LogP contribution in [0.5, 0.6) is 11.5 Å². The van der Waals surface area contributed by atoms with Crippen molar-refractivity contribution in [2.75, 3.05) is 23.6 Å². The summed E-state index contributed by atoms with van der Waals surface area (Å²) in [6.45, 7) is 0.235. The van der Waals surface area contributed by atoms with E-state index >= 15 is 0 Å². The van der Waals surface area contributed by atoms with Gasteiger partial charge >= 0.3 is 0 Å². The molecule has 0 atom stereocenters. The minimum Gasteiger partial charge on any atom is -0.493 e. The van der Waals surface area contributed by atoms with E-state index in [4.69, 9.17) is 9.47 Å². The Kier molecular flexibility index (Phi) is 7.91. The zero-order valence-corrected chi connectivity index (χ0v) is 19.3. The van der Waals surface area contributed by atoms with Crippen LogP contribution in [0.15, 0.2) is 71.2 Å². The minimum atomic E-state index is -0.499. The number of methoxy groups -OCH3 is 1. The van der Waals surface area contributed by atoms with E-state index in [1.807, 2.05) is 12.1 Å². The standard InChI is InChI=1S/C22H21FN8O3S/c1-33-18-8-7-15(11-19(18)34-14-31-10-4-9-25-31)12-24-28-21-27-22(30-29-21)35-13-20(32)26-17-6-3-2-5-16(17)23/h2-12H,13-14H2,1H3,(H,26,32)(H2,27,28,29,30)/b24-12+. The molecule has 0 spiro atoms. The largest absolute Gasteiger partial charge is 0.493 e. The molecule has 35 heavy (non-hydrogen) atoms. The van der Waals surface area contributed by atoms with Crippen LogP contribution in [0.2, 0.25) is 0 Å². The van der Waals surface area contributed by atoms with Crippen molar-refractivity contribution in [1.82, 2.24) is 25.0 Å². The van der Waals surface area contributed by atoms with Crippen molar-refractivity contribution < 1.29 is 18.7 Å². The lowest BCUT2D eigenvalue weighted by atomic mass is 10.2. The summed E-state index contributed by atoms with van der Waals surface area (Å²) in [4.78, 5) is 16.2. The zero-order valence-electron chi connectivity index (χ0n) is 18.5. The number of nitrogens with zero attached hydrogens (tertiary/aromatic N) is 5. The quantitative estimate of drug-likeness (QED) is 0.164. The van der Waals surface area contributed by atoms with Crippen molar-refractivity contribution >= 4 is 35.5 Å².